The summed E-state index contributed by atoms with van der Waals surface area (Å²) >= 11 is 0. The second-order valence-electron chi connectivity index (χ2n) is 8.18. The zero-order chi connectivity index (χ0) is 19.8. The van der Waals surface area contributed by atoms with Crippen molar-refractivity contribution in [3.63, 3.8) is 0 Å². The van der Waals surface area contributed by atoms with Gasteiger partial charge in [-0.05, 0) is 65.1 Å². The number of unbranched alkanes of at least 4 members (excludes halogenated alkanes) is 3. The summed E-state index contributed by atoms with van der Waals surface area (Å²) in [7, 11) is 0. The van der Waals surface area contributed by atoms with Crippen molar-refractivity contribution in [2.24, 2.45) is 10.7 Å². The summed E-state index contributed by atoms with van der Waals surface area (Å²) in [6.07, 6.45) is 4.63. The quantitative estimate of drug-likeness (QED) is 0.388. The number of anilines is 1. The number of aliphatic imine (C=N–C) groups is 1. The standard InChI is InChI=1S/C22H39N5/c1-16-12-17(2)21(18(3)13-16)26-22(24-11-9-7-6-8-10-23)27-14-19(4)25-20(5)15-27/h12-13,19-20,25H,6-11,14-15,23H2,1-5H3,(H,24,26). The summed E-state index contributed by atoms with van der Waals surface area (Å²) in [5, 5.41) is 7.30. The van der Waals surface area contributed by atoms with Gasteiger partial charge in [-0.3, -0.25) is 4.99 Å². The summed E-state index contributed by atoms with van der Waals surface area (Å²) in [5.74, 6) is 1.02. The number of hydrogen-bond donors (Lipinski definition) is 3. The highest BCUT2D eigenvalue weighted by atomic mass is 15.3. The molecular weight excluding hydrogens is 334 g/mol. The molecule has 152 valence electrons. The van der Waals surface area contributed by atoms with E-state index in [1.165, 1.54) is 35.2 Å². The number of piperazine rings is 1. The number of nitrogens with one attached hydrogen (secondary N) is 2. The fourth-order valence-corrected chi connectivity index (χ4v) is 4.00. The van der Waals surface area contributed by atoms with E-state index in [0.29, 0.717) is 12.1 Å². The highest BCUT2D eigenvalue weighted by Gasteiger charge is 2.24. The SMILES string of the molecule is Cc1cc(C)c(NC(=NCCCCCCN)N2CC(C)NC(C)C2)c(C)c1. The lowest BCUT2D eigenvalue weighted by Crippen LogP contribution is -2.57. The summed E-state index contributed by atoms with van der Waals surface area (Å²) in [5.41, 5.74) is 10.6. The fourth-order valence-electron chi connectivity index (χ4n) is 4.00. The second-order valence-corrected chi connectivity index (χ2v) is 8.18. The predicted molar refractivity (Wildman–Crippen MR) is 118 cm³/mol. The maximum absolute atomic E-state index is 5.59. The van der Waals surface area contributed by atoms with Crippen LogP contribution in [-0.4, -0.2) is 49.1 Å². The van der Waals surface area contributed by atoms with Crippen LogP contribution < -0.4 is 16.4 Å². The molecule has 27 heavy (non-hydrogen) atoms. The molecule has 0 bridgehead atoms. The Bertz CT molecular complexity index is 592. The Kier molecular flexibility index (Phi) is 8.58. The molecule has 0 aromatic heterocycles. The van der Waals surface area contributed by atoms with Crippen LogP contribution in [0.3, 0.4) is 0 Å². The fraction of sp³-hybridized carbons (Fsp3) is 0.682. The molecular formula is C22H39N5. The van der Waals surface area contributed by atoms with Gasteiger partial charge in [0.05, 0.1) is 0 Å². The first-order valence-electron chi connectivity index (χ1n) is 10.5. The lowest BCUT2D eigenvalue weighted by molar-refractivity contribution is 0.254. The van der Waals surface area contributed by atoms with Crippen LogP contribution in [0.2, 0.25) is 0 Å². The smallest absolute Gasteiger partial charge is 0.198 e. The van der Waals surface area contributed by atoms with Crippen molar-refractivity contribution < 1.29 is 0 Å². The molecule has 1 heterocycles. The number of benzene rings is 1. The van der Waals surface area contributed by atoms with Crippen LogP contribution in [0, 0.1) is 20.8 Å². The third-order valence-corrected chi connectivity index (χ3v) is 5.14. The molecule has 5 heteroatoms. The van der Waals surface area contributed by atoms with Crippen molar-refractivity contribution in [3.8, 4) is 0 Å². The number of aryl methyl sites for hydroxylation is 3. The normalized spacial score (nSPS) is 20.8. The zero-order valence-electron chi connectivity index (χ0n) is 17.9. The average Bonchev–Trinajstić information content (AvgIpc) is 2.58. The Balaban J connectivity index is 2.14. The van der Waals surface area contributed by atoms with Gasteiger partial charge in [-0.1, -0.05) is 30.5 Å². The van der Waals surface area contributed by atoms with Crippen molar-refractivity contribution in [2.45, 2.75) is 72.4 Å². The third-order valence-electron chi connectivity index (χ3n) is 5.14. The molecule has 1 aromatic rings. The molecule has 5 nitrogen and oxygen atoms in total. The van der Waals surface area contributed by atoms with Crippen LogP contribution in [0.4, 0.5) is 5.69 Å². The molecule has 4 N–H and O–H groups in total. The second kappa shape index (κ2) is 10.7. The molecule has 1 aromatic carbocycles. The van der Waals surface area contributed by atoms with E-state index < -0.39 is 0 Å². The van der Waals surface area contributed by atoms with Crippen LogP contribution in [-0.2, 0) is 0 Å². The van der Waals surface area contributed by atoms with Crippen molar-refractivity contribution in [2.75, 3.05) is 31.5 Å². The van der Waals surface area contributed by atoms with E-state index in [1.54, 1.807) is 0 Å². The van der Waals surface area contributed by atoms with Crippen molar-refractivity contribution >= 4 is 11.6 Å². The van der Waals surface area contributed by atoms with E-state index in [-0.39, 0.29) is 0 Å². The molecule has 0 saturated carbocycles. The minimum absolute atomic E-state index is 0.463. The van der Waals surface area contributed by atoms with Gasteiger partial charge < -0.3 is 21.3 Å². The van der Waals surface area contributed by atoms with Gasteiger partial charge in [-0.25, -0.2) is 0 Å². The van der Waals surface area contributed by atoms with Crippen molar-refractivity contribution in [1.82, 2.24) is 10.2 Å². The molecule has 0 aliphatic carbocycles. The molecule has 0 spiro atoms. The molecule has 2 atom stereocenters. The predicted octanol–water partition coefficient (Wildman–Crippen LogP) is 3.58. The largest absolute Gasteiger partial charge is 0.340 e. The molecule has 2 unspecified atom stereocenters. The molecule has 1 saturated heterocycles. The van der Waals surface area contributed by atoms with Gasteiger partial charge >= 0.3 is 0 Å². The van der Waals surface area contributed by atoms with Gasteiger partial charge in [0, 0.05) is 37.4 Å². The first kappa shape index (κ1) is 21.7. The Labute approximate surface area is 165 Å². The van der Waals surface area contributed by atoms with Crippen LogP contribution in [0.15, 0.2) is 17.1 Å². The average molecular weight is 374 g/mol. The molecule has 2 rings (SSSR count). The van der Waals surface area contributed by atoms with Gasteiger partial charge in [-0.2, -0.15) is 0 Å². The van der Waals surface area contributed by atoms with E-state index >= 15 is 0 Å². The Morgan fingerprint density at radius 1 is 1.07 bits per heavy atom. The summed E-state index contributed by atoms with van der Waals surface area (Å²) in [6.45, 7) is 14.6. The maximum Gasteiger partial charge on any atom is 0.198 e. The van der Waals surface area contributed by atoms with E-state index in [2.05, 4.69) is 62.3 Å². The molecule has 0 radical (unpaired) electrons. The number of nitrogens with zero attached hydrogens (tertiary/aromatic N) is 2. The van der Waals surface area contributed by atoms with E-state index in [0.717, 1.165) is 45.0 Å². The highest BCUT2D eigenvalue weighted by molar-refractivity contribution is 5.95. The molecule has 1 fully saturated rings. The third kappa shape index (κ3) is 6.82. The van der Waals surface area contributed by atoms with Gasteiger partial charge in [-0.15, -0.1) is 0 Å². The van der Waals surface area contributed by atoms with Crippen LogP contribution >= 0.6 is 0 Å². The summed E-state index contributed by atoms with van der Waals surface area (Å²) < 4.78 is 0. The van der Waals surface area contributed by atoms with Crippen LogP contribution in [0.5, 0.6) is 0 Å². The van der Waals surface area contributed by atoms with Gasteiger partial charge in [0.25, 0.3) is 0 Å². The summed E-state index contributed by atoms with van der Waals surface area (Å²) in [4.78, 5) is 7.39. The minimum Gasteiger partial charge on any atom is -0.340 e. The lowest BCUT2D eigenvalue weighted by Gasteiger charge is -2.38. The summed E-state index contributed by atoms with van der Waals surface area (Å²) in [6, 6.07) is 5.40. The van der Waals surface area contributed by atoms with Gasteiger partial charge in [0.2, 0.25) is 0 Å². The van der Waals surface area contributed by atoms with E-state index in [4.69, 9.17) is 10.7 Å². The molecule has 0 amide bonds. The first-order chi connectivity index (χ1) is 12.9. The van der Waals surface area contributed by atoms with Crippen LogP contribution in [0.1, 0.15) is 56.2 Å². The van der Waals surface area contributed by atoms with Gasteiger partial charge in [0.1, 0.15) is 0 Å². The lowest BCUT2D eigenvalue weighted by atomic mass is 10.1. The number of rotatable bonds is 7. The number of hydrogen-bond acceptors (Lipinski definition) is 3. The molecule has 1 aliphatic rings. The van der Waals surface area contributed by atoms with E-state index in [9.17, 15) is 0 Å². The van der Waals surface area contributed by atoms with Crippen LogP contribution in [0.25, 0.3) is 0 Å². The molecule has 1 aliphatic heterocycles. The topological polar surface area (TPSA) is 65.7 Å². The monoisotopic (exact) mass is 373 g/mol. The Morgan fingerprint density at radius 2 is 1.67 bits per heavy atom. The Morgan fingerprint density at radius 3 is 2.26 bits per heavy atom. The van der Waals surface area contributed by atoms with Crippen molar-refractivity contribution in [3.05, 3.63) is 28.8 Å². The Hall–Kier alpha value is -1.59. The minimum atomic E-state index is 0.463. The zero-order valence-corrected chi connectivity index (χ0v) is 17.9. The van der Waals surface area contributed by atoms with Gasteiger partial charge in [0.15, 0.2) is 5.96 Å². The van der Waals surface area contributed by atoms with Crippen molar-refractivity contribution in [1.29, 1.82) is 0 Å². The number of nitrogens with two attached hydrogens (primary N) is 1. The first-order valence-corrected chi connectivity index (χ1v) is 10.5. The highest BCUT2D eigenvalue weighted by Crippen LogP contribution is 2.23. The number of guanidine groups is 1. The van der Waals surface area contributed by atoms with E-state index in [1.807, 2.05) is 0 Å². The maximum atomic E-state index is 5.59.